The number of rotatable bonds is 5. The number of benzene rings is 7. The van der Waals surface area contributed by atoms with Gasteiger partial charge in [-0.05, 0) is 113 Å². The van der Waals surface area contributed by atoms with E-state index in [4.69, 9.17) is 0 Å². The van der Waals surface area contributed by atoms with Gasteiger partial charge in [-0.25, -0.2) is 0 Å². The minimum Gasteiger partial charge on any atom is -0.313 e. The summed E-state index contributed by atoms with van der Waals surface area (Å²) in [6.45, 7) is 0. The van der Waals surface area contributed by atoms with E-state index in [-0.39, 0.29) is 0 Å². The molecule has 3 aliphatic rings. The Morgan fingerprint density at radius 3 is 2.00 bits per heavy atom. The highest BCUT2D eigenvalue weighted by molar-refractivity contribution is 8.00. The number of para-hydroxylation sites is 1. The lowest BCUT2D eigenvalue weighted by Crippen LogP contribution is -2.15. The molecule has 12 rings (SSSR count). The molecule has 3 heterocycles. The predicted molar refractivity (Wildman–Crippen MR) is 242 cm³/mol. The van der Waals surface area contributed by atoms with Crippen LogP contribution in [-0.4, -0.2) is 14.4 Å². The monoisotopic (exact) mass is 748 g/mol. The fourth-order valence-corrected chi connectivity index (χ4v) is 11.4. The SMILES string of the molecule is C1=Cc2c(n(-c3cc(-c4ccccc4)cc(-c4ccccc4)c3)c3ccc(-c4ccc5c6ccccc6n(C6=CC7c8ccccc8SC7CC6)c5c4)cc23)CC1. The van der Waals surface area contributed by atoms with E-state index < -0.39 is 0 Å². The fourth-order valence-electron chi connectivity index (χ4n) is 9.99. The van der Waals surface area contributed by atoms with Crippen LogP contribution < -0.4 is 0 Å². The van der Waals surface area contributed by atoms with Gasteiger partial charge in [-0.2, -0.15) is 0 Å². The maximum absolute atomic E-state index is 2.59. The van der Waals surface area contributed by atoms with E-state index in [1.54, 1.807) is 0 Å². The van der Waals surface area contributed by atoms with Crippen molar-refractivity contribution < 1.29 is 0 Å². The Morgan fingerprint density at radius 2 is 1.18 bits per heavy atom. The minimum atomic E-state index is 0.456. The Morgan fingerprint density at radius 1 is 0.491 bits per heavy atom. The zero-order chi connectivity index (χ0) is 37.5. The molecule has 0 amide bonds. The van der Waals surface area contributed by atoms with Crippen molar-refractivity contribution in [1.29, 1.82) is 0 Å². The molecular weight excluding hydrogens is 709 g/mol. The van der Waals surface area contributed by atoms with E-state index in [0.29, 0.717) is 11.2 Å². The summed E-state index contributed by atoms with van der Waals surface area (Å²) in [5.74, 6) is 0.456. The molecule has 2 unspecified atom stereocenters. The number of hydrogen-bond acceptors (Lipinski definition) is 1. The van der Waals surface area contributed by atoms with Gasteiger partial charge in [0.2, 0.25) is 0 Å². The van der Waals surface area contributed by atoms with E-state index in [1.807, 2.05) is 0 Å². The average Bonchev–Trinajstić information content (AvgIpc) is 3.94. The van der Waals surface area contributed by atoms with Crippen LogP contribution in [0, 0.1) is 0 Å². The van der Waals surface area contributed by atoms with Crippen molar-refractivity contribution in [1.82, 2.24) is 9.13 Å². The quantitative estimate of drug-likeness (QED) is 0.170. The molecule has 0 bridgehead atoms. The predicted octanol–water partition coefficient (Wildman–Crippen LogP) is 14.6. The summed E-state index contributed by atoms with van der Waals surface area (Å²) in [4.78, 5) is 1.45. The van der Waals surface area contributed by atoms with E-state index in [2.05, 4.69) is 203 Å². The molecule has 2 nitrogen and oxygen atoms in total. The van der Waals surface area contributed by atoms with Gasteiger partial charge in [-0.3, -0.25) is 0 Å². The molecule has 0 radical (unpaired) electrons. The molecule has 7 aromatic carbocycles. The van der Waals surface area contributed by atoms with Crippen molar-refractivity contribution >= 4 is 56.2 Å². The van der Waals surface area contributed by atoms with Crippen LogP contribution >= 0.6 is 11.8 Å². The van der Waals surface area contributed by atoms with Crippen LogP contribution in [0.3, 0.4) is 0 Å². The van der Waals surface area contributed by atoms with Gasteiger partial charge in [0.15, 0.2) is 0 Å². The second-order valence-electron chi connectivity index (χ2n) is 15.9. The molecule has 272 valence electrons. The van der Waals surface area contributed by atoms with Crippen LogP contribution in [-0.2, 0) is 6.42 Å². The molecule has 57 heavy (non-hydrogen) atoms. The molecule has 3 heteroatoms. The lowest BCUT2D eigenvalue weighted by atomic mass is 9.87. The van der Waals surface area contributed by atoms with E-state index in [9.17, 15) is 0 Å². The highest BCUT2D eigenvalue weighted by Gasteiger charge is 2.35. The molecule has 0 fully saturated rings. The third kappa shape index (κ3) is 5.33. The lowest BCUT2D eigenvalue weighted by Gasteiger charge is -2.26. The second kappa shape index (κ2) is 13.1. The highest BCUT2D eigenvalue weighted by atomic mass is 32.2. The molecule has 9 aromatic rings. The Balaban J connectivity index is 1.02. The van der Waals surface area contributed by atoms with Gasteiger partial charge in [-0.15, -0.1) is 11.8 Å². The molecule has 0 saturated carbocycles. The van der Waals surface area contributed by atoms with Gasteiger partial charge < -0.3 is 9.13 Å². The van der Waals surface area contributed by atoms with Gasteiger partial charge in [0.25, 0.3) is 0 Å². The number of hydrogen-bond donors (Lipinski definition) is 0. The minimum absolute atomic E-state index is 0.456. The first kappa shape index (κ1) is 32.9. The molecule has 2 aliphatic carbocycles. The number of aromatic nitrogens is 2. The van der Waals surface area contributed by atoms with E-state index in [0.717, 1.165) is 19.3 Å². The maximum Gasteiger partial charge on any atom is 0.0543 e. The summed E-state index contributed by atoms with van der Waals surface area (Å²) in [5, 5.41) is 4.57. The third-order valence-electron chi connectivity index (χ3n) is 12.6. The van der Waals surface area contributed by atoms with E-state index in [1.165, 1.54) is 106 Å². The van der Waals surface area contributed by atoms with Crippen LogP contribution in [0.15, 0.2) is 181 Å². The average molecular weight is 749 g/mol. The molecule has 2 atom stereocenters. The Bertz CT molecular complexity index is 3050. The first-order chi connectivity index (χ1) is 28.2. The third-order valence-corrected chi connectivity index (χ3v) is 14.1. The van der Waals surface area contributed by atoms with Gasteiger partial charge in [-0.1, -0.05) is 133 Å². The number of thioether (sulfide) groups is 1. The van der Waals surface area contributed by atoms with Crippen LogP contribution in [0.1, 0.15) is 42.0 Å². The molecule has 0 spiro atoms. The Kier molecular flexibility index (Phi) is 7.59. The largest absolute Gasteiger partial charge is 0.313 e. The maximum atomic E-state index is 2.59. The van der Waals surface area contributed by atoms with Gasteiger partial charge in [0.1, 0.15) is 0 Å². The van der Waals surface area contributed by atoms with Crippen molar-refractivity contribution in [3.8, 4) is 39.1 Å². The second-order valence-corrected chi connectivity index (χ2v) is 17.2. The molecule has 2 aromatic heterocycles. The Labute approximate surface area is 337 Å². The summed E-state index contributed by atoms with van der Waals surface area (Å²) >= 11 is 2.08. The standard InChI is InChI=1S/C54H40N2S/c1-3-13-35(14-4-1)39-29-40(36-15-5-2-6-16-36)31-42(30-39)56-50-21-11-8-18-44(50)47-32-37(24-27-51(47)56)38-23-26-45-43-17-7-10-20-49(43)55(52(45)33-38)41-25-28-54-48(34-41)46-19-9-12-22-53(46)57-54/h1-10,12-20,22-24,26-27,29-34,48,54H,11,21,25,28H2. The Hall–Kier alpha value is -6.29. The molecular formula is C54H40N2S. The first-order valence-corrected chi connectivity index (χ1v) is 21.2. The summed E-state index contributed by atoms with van der Waals surface area (Å²) in [6.07, 6.45) is 11.6. The first-order valence-electron chi connectivity index (χ1n) is 20.4. The summed E-state index contributed by atoms with van der Waals surface area (Å²) in [6, 6.07) is 61.0. The van der Waals surface area contributed by atoms with Crippen LogP contribution in [0.4, 0.5) is 0 Å². The number of nitrogens with zero attached hydrogens (tertiary/aromatic N) is 2. The van der Waals surface area contributed by atoms with Crippen LogP contribution in [0.2, 0.25) is 0 Å². The van der Waals surface area contributed by atoms with E-state index >= 15 is 0 Å². The lowest BCUT2D eigenvalue weighted by molar-refractivity contribution is 0.679. The summed E-state index contributed by atoms with van der Waals surface area (Å²) in [7, 11) is 0. The fraction of sp³-hybridized carbons (Fsp3) is 0.111. The summed E-state index contributed by atoms with van der Waals surface area (Å²) in [5.41, 5.74) is 18.1. The summed E-state index contributed by atoms with van der Waals surface area (Å²) < 4.78 is 5.12. The zero-order valence-electron chi connectivity index (χ0n) is 31.6. The highest BCUT2D eigenvalue weighted by Crippen LogP contribution is 2.52. The van der Waals surface area contributed by atoms with Crippen molar-refractivity contribution in [3.05, 3.63) is 193 Å². The topological polar surface area (TPSA) is 9.86 Å². The number of fused-ring (bicyclic) bond motifs is 9. The van der Waals surface area contributed by atoms with Crippen molar-refractivity contribution in [3.63, 3.8) is 0 Å². The molecule has 1 aliphatic heterocycles. The van der Waals surface area contributed by atoms with Crippen molar-refractivity contribution in [2.24, 2.45) is 0 Å². The number of allylic oxidation sites excluding steroid dienone is 3. The normalized spacial score (nSPS) is 17.2. The van der Waals surface area contributed by atoms with Gasteiger partial charge in [0, 0.05) is 54.9 Å². The van der Waals surface area contributed by atoms with Crippen molar-refractivity contribution in [2.45, 2.75) is 41.7 Å². The van der Waals surface area contributed by atoms with Crippen molar-refractivity contribution in [2.75, 3.05) is 0 Å². The zero-order valence-corrected chi connectivity index (χ0v) is 32.4. The van der Waals surface area contributed by atoms with Crippen LogP contribution in [0.25, 0.3) is 83.5 Å². The smallest absolute Gasteiger partial charge is 0.0543 e. The van der Waals surface area contributed by atoms with Crippen LogP contribution in [0.5, 0.6) is 0 Å². The molecule has 0 N–H and O–H groups in total. The van der Waals surface area contributed by atoms with Gasteiger partial charge in [0.05, 0.1) is 16.6 Å². The van der Waals surface area contributed by atoms with Gasteiger partial charge >= 0.3 is 0 Å². The molecule has 0 saturated heterocycles.